The third kappa shape index (κ3) is 3.70. The number of rotatable bonds is 4. The number of non-ortho nitro benzene ring substituents is 1. The molecule has 1 aliphatic carbocycles. The predicted octanol–water partition coefficient (Wildman–Crippen LogP) is 2.62. The molecule has 0 saturated heterocycles. The third-order valence-corrected chi connectivity index (χ3v) is 4.60. The van der Waals surface area contributed by atoms with Crippen LogP contribution in [0, 0.1) is 10.1 Å². The van der Waals surface area contributed by atoms with E-state index in [9.17, 15) is 23.3 Å². The molecule has 0 aromatic heterocycles. The number of halogens is 1. The molecule has 1 fully saturated rings. The summed E-state index contributed by atoms with van der Waals surface area (Å²) in [5, 5.41) is 10.7. The summed E-state index contributed by atoms with van der Waals surface area (Å²) in [5.41, 5.74) is -0.755. The lowest BCUT2D eigenvalue weighted by atomic mass is 10.2. The number of carbonyl (C=O) groups excluding carboxylic acids is 1. The number of nitro benzene ring substituents is 1. The van der Waals surface area contributed by atoms with Crippen LogP contribution < -0.4 is 0 Å². The fourth-order valence-corrected chi connectivity index (χ4v) is 3.27. The van der Waals surface area contributed by atoms with E-state index in [2.05, 4.69) is 0 Å². The molecule has 0 amide bonds. The molecule has 0 unspecified atom stereocenters. The van der Waals surface area contributed by atoms with Gasteiger partial charge >= 0.3 is 5.97 Å². The first-order chi connectivity index (χ1) is 9.79. The van der Waals surface area contributed by atoms with Crippen molar-refractivity contribution in [3.8, 4) is 0 Å². The maximum Gasteiger partial charge on any atom is 0.339 e. The largest absolute Gasteiger partial charge is 0.459 e. The summed E-state index contributed by atoms with van der Waals surface area (Å²) in [4.78, 5) is 21.3. The molecule has 0 bridgehead atoms. The van der Waals surface area contributed by atoms with Crippen molar-refractivity contribution in [1.29, 1.82) is 0 Å². The highest BCUT2D eigenvalue weighted by molar-refractivity contribution is 8.13. The van der Waals surface area contributed by atoms with Gasteiger partial charge in [0.25, 0.3) is 14.7 Å². The first kappa shape index (κ1) is 15.7. The summed E-state index contributed by atoms with van der Waals surface area (Å²) >= 11 is 0. The molecule has 0 aliphatic heterocycles. The van der Waals surface area contributed by atoms with E-state index >= 15 is 0 Å². The van der Waals surface area contributed by atoms with Crippen LogP contribution in [-0.2, 0) is 13.8 Å². The van der Waals surface area contributed by atoms with Gasteiger partial charge < -0.3 is 4.74 Å². The minimum atomic E-state index is -4.30. The number of benzene rings is 1. The molecular weight excluding hydrogens is 322 g/mol. The van der Waals surface area contributed by atoms with Crippen molar-refractivity contribution in [2.24, 2.45) is 0 Å². The highest BCUT2D eigenvalue weighted by atomic mass is 35.7. The lowest BCUT2D eigenvalue weighted by molar-refractivity contribution is -0.385. The van der Waals surface area contributed by atoms with Crippen LogP contribution in [0.2, 0.25) is 0 Å². The Hall–Kier alpha value is -1.67. The first-order valence-corrected chi connectivity index (χ1v) is 8.54. The summed E-state index contributed by atoms with van der Waals surface area (Å²) in [5.74, 6) is -0.837. The van der Waals surface area contributed by atoms with Crippen molar-refractivity contribution < 1.29 is 22.9 Å². The number of esters is 1. The van der Waals surface area contributed by atoms with Gasteiger partial charge in [-0.05, 0) is 31.7 Å². The van der Waals surface area contributed by atoms with Crippen LogP contribution in [0.15, 0.2) is 23.1 Å². The average molecular weight is 334 g/mol. The van der Waals surface area contributed by atoms with Crippen LogP contribution in [0.1, 0.15) is 36.0 Å². The maximum absolute atomic E-state index is 12.0. The van der Waals surface area contributed by atoms with Crippen LogP contribution >= 0.6 is 10.7 Å². The van der Waals surface area contributed by atoms with Gasteiger partial charge in [0.1, 0.15) is 11.0 Å². The van der Waals surface area contributed by atoms with Crippen LogP contribution in [-0.4, -0.2) is 25.4 Å². The smallest absolute Gasteiger partial charge is 0.339 e. The van der Waals surface area contributed by atoms with E-state index in [1.807, 2.05) is 0 Å². The quantitative estimate of drug-likeness (QED) is 0.363. The Labute approximate surface area is 125 Å². The van der Waals surface area contributed by atoms with Crippen LogP contribution in [0.25, 0.3) is 0 Å². The predicted molar refractivity (Wildman–Crippen MR) is 73.8 cm³/mol. The number of hydrogen-bond acceptors (Lipinski definition) is 6. The monoisotopic (exact) mass is 333 g/mol. The molecule has 0 radical (unpaired) electrons. The second-order valence-electron chi connectivity index (χ2n) is 4.69. The van der Waals surface area contributed by atoms with Gasteiger partial charge in [0, 0.05) is 22.8 Å². The zero-order valence-electron chi connectivity index (χ0n) is 10.8. The van der Waals surface area contributed by atoms with Crippen molar-refractivity contribution in [2.75, 3.05) is 0 Å². The van der Waals surface area contributed by atoms with Crippen molar-refractivity contribution in [2.45, 2.75) is 36.7 Å². The number of ether oxygens (including phenoxy) is 1. The first-order valence-electron chi connectivity index (χ1n) is 6.23. The topological polar surface area (TPSA) is 104 Å². The van der Waals surface area contributed by atoms with Crippen LogP contribution in [0.4, 0.5) is 5.69 Å². The zero-order chi connectivity index (χ0) is 15.6. The Morgan fingerprint density at radius 1 is 1.33 bits per heavy atom. The van der Waals surface area contributed by atoms with Crippen molar-refractivity contribution in [3.63, 3.8) is 0 Å². The summed E-state index contributed by atoms with van der Waals surface area (Å²) in [6, 6.07) is 2.84. The SMILES string of the molecule is O=C(OC1CCCC1)c1ccc([N+](=O)[O-])cc1S(=O)(=O)Cl. The molecule has 2 rings (SSSR count). The molecule has 1 saturated carbocycles. The van der Waals surface area contributed by atoms with Crippen molar-refractivity contribution in [3.05, 3.63) is 33.9 Å². The van der Waals surface area contributed by atoms with Crippen molar-refractivity contribution >= 4 is 31.4 Å². The molecule has 1 aromatic rings. The zero-order valence-corrected chi connectivity index (χ0v) is 12.4. The van der Waals surface area contributed by atoms with E-state index in [1.54, 1.807) is 0 Å². The van der Waals surface area contributed by atoms with Gasteiger partial charge in [-0.1, -0.05) is 0 Å². The minimum Gasteiger partial charge on any atom is -0.459 e. The molecule has 0 atom stereocenters. The van der Waals surface area contributed by atoms with E-state index in [0.717, 1.165) is 43.9 Å². The number of nitrogens with zero attached hydrogens (tertiary/aromatic N) is 1. The molecule has 1 aliphatic rings. The molecule has 114 valence electrons. The second kappa shape index (κ2) is 5.98. The molecule has 0 heterocycles. The maximum atomic E-state index is 12.0. The Bertz CT molecular complexity index is 681. The molecular formula is C12H12ClNO6S. The van der Waals surface area contributed by atoms with E-state index in [4.69, 9.17) is 15.4 Å². The molecule has 9 heteroatoms. The van der Waals surface area contributed by atoms with E-state index in [1.165, 1.54) is 0 Å². The minimum absolute atomic E-state index is 0.251. The van der Waals surface area contributed by atoms with E-state index < -0.39 is 30.5 Å². The fourth-order valence-electron chi connectivity index (χ4n) is 2.22. The normalized spacial score (nSPS) is 15.9. The van der Waals surface area contributed by atoms with E-state index in [-0.39, 0.29) is 11.7 Å². The lowest BCUT2D eigenvalue weighted by Crippen LogP contribution is -2.17. The number of nitro groups is 1. The third-order valence-electron chi connectivity index (χ3n) is 3.23. The Morgan fingerprint density at radius 2 is 1.95 bits per heavy atom. The van der Waals surface area contributed by atoms with E-state index in [0.29, 0.717) is 0 Å². The van der Waals surface area contributed by atoms with Crippen LogP contribution in [0.5, 0.6) is 0 Å². The molecule has 7 nitrogen and oxygen atoms in total. The molecule has 1 aromatic carbocycles. The van der Waals surface area contributed by atoms with Gasteiger partial charge in [-0.2, -0.15) is 0 Å². The van der Waals surface area contributed by atoms with Gasteiger partial charge in [0.2, 0.25) is 0 Å². The van der Waals surface area contributed by atoms with Gasteiger partial charge in [-0.25, -0.2) is 13.2 Å². The van der Waals surface area contributed by atoms with Gasteiger partial charge in [0.15, 0.2) is 0 Å². The summed E-state index contributed by atoms with van der Waals surface area (Å²) < 4.78 is 28.2. The summed E-state index contributed by atoms with van der Waals surface area (Å²) in [7, 11) is 0.942. The van der Waals surface area contributed by atoms with Crippen molar-refractivity contribution in [1.82, 2.24) is 0 Å². The summed E-state index contributed by atoms with van der Waals surface area (Å²) in [6.45, 7) is 0. The molecule has 0 N–H and O–H groups in total. The Morgan fingerprint density at radius 3 is 2.48 bits per heavy atom. The van der Waals surface area contributed by atoms with Gasteiger partial charge in [0.05, 0.1) is 10.5 Å². The molecule has 21 heavy (non-hydrogen) atoms. The number of carbonyl (C=O) groups is 1. The fraction of sp³-hybridized carbons (Fsp3) is 0.417. The highest BCUT2D eigenvalue weighted by Crippen LogP contribution is 2.28. The Balaban J connectivity index is 2.37. The Kier molecular flexibility index (Phi) is 4.48. The van der Waals surface area contributed by atoms with Crippen LogP contribution in [0.3, 0.4) is 0 Å². The number of hydrogen-bond donors (Lipinski definition) is 0. The highest BCUT2D eigenvalue weighted by Gasteiger charge is 2.27. The molecule has 0 spiro atoms. The second-order valence-corrected chi connectivity index (χ2v) is 7.22. The summed E-state index contributed by atoms with van der Waals surface area (Å²) in [6.07, 6.45) is 3.08. The lowest BCUT2D eigenvalue weighted by Gasteiger charge is -2.12. The van der Waals surface area contributed by atoms with Gasteiger partial charge in [-0.15, -0.1) is 0 Å². The standard InChI is InChI=1S/C12H12ClNO6S/c13-21(18,19)11-7-8(14(16)17)5-6-10(11)12(15)20-9-3-1-2-4-9/h5-7,9H,1-4H2. The average Bonchev–Trinajstić information content (AvgIpc) is 2.89. The van der Waals surface area contributed by atoms with Gasteiger partial charge in [-0.3, -0.25) is 10.1 Å².